The number of aryl methyl sites for hydroxylation is 1. The Morgan fingerprint density at radius 1 is 0.889 bits per heavy atom. The van der Waals surface area contributed by atoms with Gasteiger partial charge in [0, 0.05) is 63.6 Å². The lowest BCUT2D eigenvalue weighted by molar-refractivity contribution is -0.141. The van der Waals surface area contributed by atoms with Crippen molar-refractivity contribution >= 4 is 40.9 Å². The molecule has 2 atom stereocenters. The highest BCUT2D eigenvalue weighted by Gasteiger charge is 2.39. The van der Waals surface area contributed by atoms with Crippen LogP contribution in [0.15, 0.2) is 42.5 Å². The molecule has 2 aliphatic rings. The van der Waals surface area contributed by atoms with Crippen LogP contribution in [0.3, 0.4) is 0 Å². The van der Waals surface area contributed by atoms with E-state index in [0.717, 1.165) is 11.1 Å². The number of amides is 3. The Kier molecular flexibility index (Phi) is 8.26. The zero-order valence-corrected chi connectivity index (χ0v) is 22.6. The van der Waals surface area contributed by atoms with Gasteiger partial charge in [0.15, 0.2) is 0 Å². The summed E-state index contributed by atoms with van der Waals surface area (Å²) in [5.74, 6) is -0.0361. The van der Waals surface area contributed by atoms with Crippen molar-refractivity contribution in [1.82, 2.24) is 14.7 Å². The third-order valence-electron chi connectivity index (χ3n) is 7.67. The number of nitrogens with zero attached hydrogens (tertiary/aromatic N) is 3. The lowest BCUT2D eigenvalue weighted by Crippen LogP contribution is -2.53. The predicted octanol–water partition coefficient (Wildman–Crippen LogP) is 5.02. The molecule has 0 spiro atoms. The third kappa shape index (κ3) is 5.70. The highest BCUT2D eigenvalue weighted by atomic mass is 35.5. The van der Waals surface area contributed by atoms with Crippen molar-refractivity contribution < 1.29 is 14.4 Å². The Hall–Kier alpha value is -2.57. The first-order valence-electron chi connectivity index (χ1n) is 12.5. The SMILES string of the molecule is CC(=O)N1CCC(C(=O)N2CC[C@@H](N(C)C(=O)c3ccc(C)cc3)[C@H](c3ccc(Cl)c(Cl)c3)C2)CC1. The first-order chi connectivity index (χ1) is 17.2. The maximum atomic E-state index is 13.5. The number of hydrogen-bond acceptors (Lipinski definition) is 3. The highest BCUT2D eigenvalue weighted by Crippen LogP contribution is 2.35. The van der Waals surface area contributed by atoms with Crippen LogP contribution >= 0.6 is 23.2 Å². The number of halogens is 2. The minimum absolute atomic E-state index is 0.0403. The molecule has 192 valence electrons. The summed E-state index contributed by atoms with van der Waals surface area (Å²) in [5, 5.41) is 0.933. The van der Waals surface area contributed by atoms with Gasteiger partial charge in [-0.3, -0.25) is 14.4 Å². The highest BCUT2D eigenvalue weighted by molar-refractivity contribution is 6.42. The summed E-state index contributed by atoms with van der Waals surface area (Å²) in [5.41, 5.74) is 2.71. The second-order valence-corrected chi connectivity index (χ2v) is 10.8. The molecule has 2 fully saturated rings. The van der Waals surface area contributed by atoms with Crippen molar-refractivity contribution in [3.8, 4) is 0 Å². The van der Waals surface area contributed by atoms with Gasteiger partial charge in [0.05, 0.1) is 10.0 Å². The molecule has 2 heterocycles. The number of rotatable bonds is 4. The van der Waals surface area contributed by atoms with Crippen LogP contribution in [0.1, 0.15) is 53.6 Å². The number of likely N-dealkylation sites (N-methyl/N-ethyl adjacent to an activating group) is 1. The van der Waals surface area contributed by atoms with Crippen LogP contribution in [-0.2, 0) is 9.59 Å². The molecule has 36 heavy (non-hydrogen) atoms. The molecular formula is C28H33Cl2N3O3. The van der Waals surface area contributed by atoms with Gasteiger partial charge >= 0.3 is 0 Å². The second kappa shape index (κ2) is 11.2. The van der Waals surface area contributed by atoms with E-state index in [4.69, 9.17) is 23.2 Å². The Bertz CT molecular complexity index is 1130. The summed E-state index contributed by atoms with van der Waals surface area (Å²) in [6, 6.07) is 13.1. The van der Waals surface area contributed by atoms with Gasteiger partial charge in [-0.2, -0.15) is 0 Å². The van der Waals surface area contributed by atoms with Crippen LogP contribution in [0.25, 0.3) is 0 Å². The maximum absolute atomic E-state index is 13.5. The van der Waals surface area contributed by atoms with Gasteiger partial charge in [0.1, 0.15) is 0 Å². The van der Waals surface area contributed by atoms with Crippen molar-refractivity contribution in [2.24, 2.45) is 5.92 Å². The Labute approximate surface area is 223 Å². The molecule has 2 saturated heterocycles. The Balaban J connectivity index is 1.55. The number of benzene rings is 2. The molecule has 0 bridgehead atoms. The summed E-state index contributed by atoms with van der Waals surface area (Å²) in [7, 11) is 1.84. The molecule has 0 radical (unpaired) electrons. The third-order valence-corrected chi connectivity index (χ3v) is 8.40. The molecule has 0 N–H and O–H groups in total. The molecule has 6 nitrogen and oxygen atoms in total. The first kappa shape index (κ1) is 26.5. The predicted molar refractivity (Wildman–Crippen MR) is 142 cm³/mol. The monoisotopic (exact) mass is 529 g/mol. The zero-order chi connectivity index (χ0) is 26.0. The second-order valence-electron chi connectivity index (χ2n) is 9.98. The molecule has 0 unspecified atom stereocenters. The summed E-state index contributed by atoms with van der Waals surface area (Å²) in [6.45, 7) is 5.89. The van der Waals surface area contributed by atoms with Crippen molar-refractivity contribution in [2.75, 3.05) is 33.2 Å². The van der Waals surface area contributed by atoms with Crippen LogP contribution in [0.5, 0.6) is 0 Å². The van der Waals surface area contributed by atoms with Crippen LogP contribution in [-0.4, -0.2) is 71.7 Å². The van der Waals surface area contributed by atoms with E-state index in [1.165, 1.54) is 0 Å². The summed E-state index contributed by atoms with van der Waals surface area (Å²) in [6.07, 6.45) is 2.03. The van der Waals surface area contributed by atoms with Gasteiger partial charge in [0.25, 0.3) is 5.91 Å². The van der Waals surface area contributed by atoms with Gasteiger partial charge in [-0.15, -0.1) is 0 Å². The minimum Gasteiger partial charge on any atom is -0.343 e. The molecule has 0 aromatic heterocycles. The molecule has 2 aromatic carbocycles. The fourth-order valence-electron chi connectivity index (χ4n) is 5.42. The topological polar surface area (TPSA) is 60.9 Å². The van der Waals surface area contributed by atoms with E-state index >= 15 is 0 Å². The standard InChI is InChI=1S/C28H33Cl2N3O3/c1-18-4-6-20(7-5-18)27(35)31(3)26-12-15-33(17-23(26)22-8-9-24(29)25(30)16-22)28(36)21-10-13-32(14-11-21)19(2)34/h4-9,16,21,23,26H,10-15,17H2,1-3H3/t23-,26+/m0/s1. The first-order valence-corrected chi connectivity index (χ1v) is 13.2. The van der Waals surface area contributed by atoms with Gasteiger partial charge in [0.2, 0.25) is 11.8 Å². The number of carbonyl (C=O) groups excluding carboxylic acids is 3. The quantitative estimate of drug-likeness (QED) is 0.558. The largest absolute Gasteiger partial charge is 0.343 e. The summed E-state index contributed by atoms with van der Waals surface area (Å²) < 4.78 is 0. The Morgan fingerprint density at radius 2 is 1.53 bits per heavy atom. The van der Waals surface area contributed by atoms with E-state index in [0.29, 0.717) is 61.1 Å². The minimum atomic E-state index is -0.103. The molecule has 8 heteroatoms. The summed E-state index contributed by atoms with van der Waals surface area (Å²) >= 11 is 12.6. The average molecular weight is 530 g/mol. The maximum Gasteiger partial charge on any atom is 0.253 e. The molecule has 2 aromatic rings. The smallest absolute Gasteiger partial charge is 0.253 e. The number of likely N-dealkylation sites (tertiary alicyclic amines) is 2. The zero-order valence-electron chi connectivity index (χ0n) is 21.0. The Morgan fingerprint density at radius 3 is 2.14 bits per heavy atom. The van der Waals surface area contributed by atoms with E-state index in [9.17, 15) is 14.4 Å². The molecule has 2 aliphatic heterocycles. The van der Waals surface area contributed by atoms with Crippen LogP contribution in [0.2, 0.25) is 10.0 Å². The molecule has 0 aliphatic carbocycles. The van der Waals surface area contributed by atoms with Crippen molar-refractivity contribution in [2.45, 2.75) is 45.1 Å². The molecule has 4 rings (SSSR count). The van der Waals surface area contributed by atoms with E-state index in [1.54, 1.807) is 17.9 Å². The van der Waals surface area contributed by atoms with Gasteiger partial charge in [-0.1, -0.05) is 47.0 Å². The van der Waals surface area contributed by atoms with Crippen LogP contribution in [0, 0.1) is 12.8 Å². The lowest BCUT2D eigenvalue weighted by Gasteiger charge is -2.44. The van der Waals surface area contributed by atoms with Crippen molar-refractivity contribution in [3.63, 3.8) is 0 Å². The van der Waals surface area contributed by atoms with Gasteiger partial charge in [-0.25, -0.2) is 0 Å². The number of piperidine rings is 2. The number of carbonyl (C=O) groups is 3. The molecule has 3 amide bonds. The fraction of sp³-hybridized carbons (Fsp3) is 0.464. The summed E-state index contributed by atoms with van der Waals surface area (Å²) in [4.78, 5) is 44.1. The van der Waals surface area contributed by atoms with Gasteiger partial charge in [-0.05, 0) is 56.0 Å². The molecular weight excluding hydrogens is 497 g/mol. The fourth-order valence-corrected chi connectivity index (χ4v) is 5.73. The van der Waals surface area contributed by atoms with E-state index < -0.39 is 0 Å². The van der Waals surface area contributed by atoms with Crippen molar-refractivity contribution in [1.29, 1.82) is 0 Å². The lowest BCUT2D eigenvalue weighted by atomic mass is 9.83. The van der Waals surface area contributed by atoms with Crippen molar-refractivity contribution in [3.05, 3.63) is 69.2 Å². The number of hydrogen-bond donors (Lipinski definition) is 0. The van der Waals surface area contributed by atoms with E-state index in [2.05, 4.69) is 0 Å². The van der Waals surface area contributed by atoms with E-state index in [-0.39, 0.29) is 35.6 Å². The van der Waals surface area contributed by atoms with Crippen LogP contribution < -0.4 is 0 Å². The average Bonchev–Trinajstić information content (AvgIpc) is 2.89. The normalized spacial score (nSPS) is 20.8. The van der Waals surface area contributed by atoms with Gasteiger partial charge < -0.3 is 14.7 Å². The molecule has 0 saturated carbocycles. The van der Waals surface area contributed by atoms with E-state index in [1.807, 2.05) is 60.2 Å². The van der Waals surface area contributed by atoms with Crippen LogP contribution in [0.4, 0.5) is 0 Å².